The maximum absolute atomic E-state index is 6.40. The predicted molar refractivity (Wildman–Crippen MR) is 190 cm³/mol. The fraction of sp³-hybridized carbons (Fsp3) is 0.0698. The van der Waals surface area contributed by atoms with Gasteiger partial charge in [0.15, 0.2) is 5.82 Å². The molecule has 0 atom stereocenters. The second kappa shape index (κ2) is 10.5. The third-order valence-corrected chi connectivity index (χ3v) is 9.38. The highest BCUT2D eigenvalue weighted by atomic mass is 16.5. The Labute approximate surface area is 273 Å². The largest absolute Gasteiger partial charge is 0.457 e. The van der Waals surface area contributed by atoms with Crippen molar-refractivity contribution in [2.45, 2.75) is 19.3 Å². The van der Waals surface area contributed by atoms with Crippen molar-refractivity contribution in [1.82, 2.24) is 9.97 Å². The maximum Gasteiger partial charge on any atom is 0.160 e. The summed E-state index contributed by atoms with van der Waals surface area (Å²) in [6.45, 7) is 4.52. The van der Waals surface area contributed by atoms with Crippen LogP contribution in [0.15, 0.2) is 150 Å². The summed E-state index contributed by atoms with van der Waals surface area (Å²) in [7, 11) is 0. The summed E-state index contributed by atoms with van der Waals surface area (Å²) in [6, 6.07) is 50.1. The highest BCUT2D eigenvalue weighted by molar-refractivity contribution is 6.05. The van der Waals surface area contributed by atoms with Crippen molar-refractivity contribution in [3.8, 4) is 56.5 Å². The van der Waals surface area contributed by atoms with Crippen LogP contribution in [0.4, 0.5) is 0 Å². The van der Waals surface area contributed by atoms with Crippen LogP contribution in [0, 0.1) is 0 Å². The van der Waals surface area contributed by atoms with Gasteiger partial charge in [0.25, 0.3) is 0 Å². The van der Waals surface area contributed by atoms with Crippen LogP contribution in [0.1, 0.15) is 25.0 Å². The van der Waals surface area contributed by atoms with Crippen molar-refractivity contribution in [3.63, 3.8) is 0 Å². The van der Waals surface area contributed by atoms with Gasteiger partial charge in [-0.05, 0) is 47.5 Å². The Morgan fingerprint density at radius 2 is 1.09 bits per heavy atom. The molecule has 47 heavy (non-hydrogen) atoms. The molecule has 4 heteroatoms. The van der Waals surface area contributed by atoms with Crippen molar-refractivity contribution >= 4 is 21.9 Å². The first-order chi connectivity index (χ1) is 23.0. The second-order valence-corrected chi connectivity index (χ2v) is 12.6. The molecule has 8 aromatic rings. The molecule has 0 amide bonds. The zero-order valence-corrected chi connectivity index (χ0v) is 26.1. The van der Waals surface area contributed by atoms with Gasteiger partial charge in [0.05, 0.1) is 11.4 Å². The second-order valence-electron chi connectivity index (χ2n) is 12.6. The molecule has 0 radical (unpaired) electrons. The van der Waals surface area contributed by atoms with Gasteiger partial charge in [0, 0.05) is 44.0 Å². The number of hydrogen-bond donors (Lipinski definition) is 0. The lowest BCUT2D eigenvalue weighted by molar-refractivity contribution is 0.418. The van der Waals surface area contributed by atoms with Gasteiger partial charge in [-0.1, -0.05) is 123 Å². The van der Waals surface area contributed by atoms with E-state index in [0.29, 0.717) is 5.82 Å². The molecule has 0 fully saturated rings. The molecular weight excluding hydrogens is 576 g/mol. The fourth-order valence-corrected chi connectivity index (χ4v) is 6.82. The van der Waals surface area contributed by atoms with Gasteiger partial charge >= 0.3 is 0 Å². The number of fused-ring (bicyclic) bond motifs is 5. The molecule has 6 aromatic carbocycles. The van der Waals surface area contributed by atoms with Gasteiger partial charge in [-0.3, -0.25) is 0 Å². The summed E-state index contributed by atoms with van der Waals surface area (Å²) < 4.78 is 12.6. The third kappa shape index (κ3) is 4.60. The van der Waals surface area contributed by atoms with E-state index in [0.717, 1.165) is 72.6 Å². The standard InChI is InChI=1S/C43H30N2O2/c1-43(2)34-13-7-9-15-39(34)47-41-24-30(21-23-35(41)43)27-16-18-29(19-17-27)42-44-36(28-10-4-3-5-11-28)26-37(45-42)31-20-22-33-32-12-6-8-14-38(32)46-40(33)25-31/h3-26H,1-2H3. The summed E-state index contributed by atoms with van der Waals surface area (Å²) >= 11 is 0. The molecule has 0 saturated heterocycles. The molecular formula is C43H30N2O2. The van der Waals surface area contributed by atoms with Gasteiger partial charge in [-0.15, -0.1) is 0 Å². The average molecular weight is 607 g/mol. The van der Waals surface area contributed by atoms with Crippen LogP contribution < -0.4 is 4.74 Å². The molecule has 9 rings (SSSR count). The average Bonchev–Trinajstić information content (AvgIpc) is 3.50. The molecule has 224 valence electrons. The van der Waals surface area contributed by atoms with Gasteiger partial charge in [0.1, 0.15) is 22.7 Å². The van der Waals surface area contributed by atoms with Crippen molar-refractivity contribution in [2.24, 2.45) is 0 Å². The van der Waals surface area contributed by atoms with Crippen LogP contribution in [0.25, 0.3) is 67.0 Å². The lowest BCUT2D eigenvalue weighted by Gasteiger charge is -2.34. The first-order valence-electron chi connectivity index (χ1n) is 15.9. The third-order valence-electron chi connectivity index (χ3n) is 9.38. The van der Waals surface area contributed by atoms with Crippen LogP contribution in [0.3, 0.4) is 0 Å². The minimum atomic E-state index is -0.139. The van der Waals surface area contributed by atoms with Gasteiger partial charge < -0.3 is 9.15 Å². The smallest absolute Gasteiger partial charge is 0.160 e. The molecule has 4 nitrogen and oxygen atoms in total. The fourth-order valence-electron chi connectivity index (χ4n) is 6.82. The first-order valence-corrected chi connectivity index (χ1v) is 15.9. The van der Waals surface area contributed by atoms with Crippen LogP contribution >= 0.6 is 0 Å². The number of rotatable bonds is 4. The molecule has 0 saturated carbocycles. The molecule has 0 aliphatic carbocycles. The molecule has 1 aliphatic rings. The molecule has 0 unspecified atom stereocenters. The van der Waals surface area contributed by atoms with Crippen molar-refractivity contribution < 1.29 is 9.15 Å². The Morgan fingerprint density at radius 1 is 0.447 bits per heavy atom. The summed E-state index contributed by atoms with van der Waals surface area (Å²) in [5, 5.41) is 2.21. The zero-order chi connectivity index (χ0) is 31.5. The van der Waals surface area contributed by atoms with E-state index in [4.69, 9.17) is 19.1 Å². The summed E-state index contributed by atoms with van der Waals surface area (Å²) in [5.74, 6) is 2.49. The molecule has 0 N–H and O–H groups in total. The maximum atomic E-state index is 6.40. The van der Waals surface area contributed by atoms with E-state index in [9.17, 15) is 0 Å². The van der Waals surface area contributed by atoms with Crippen LogP contribution in [-0.2, 0) is 5.41 Å². The van der Waals surface area contributed by atoms with E-state index >= 15 is 0 Å². The lowest BCUT2D eigenvalue weighted by atomic mass is 9.75. The SMILES string of the molecule is CC1(C)c2ccccc2Oc2cc(-c3ccc(-c4nc(-c5ccccc5)cc(-c5ccc6c(c5)oc5ccccc56)n4)cc3)ccc21. The molecule has 3 heterocycles. The Kier molecular flexibility index (Phi) is 6.12. The van der Waals surface area contributed by atoms with E-state index in [2.05, 4.69) is 111 Å². The summed E-state index contributed by atoms with van der Waals surface area (Å²) in [6.07, 6.45) is 0. The number of hydrogen-bond acceptors (Lipinski definition) is 4. The van der Waals surface area contributed by atoms with Gasteiger partial charge in [-0.2, -0.15) is 0 Å². The highest BCUT2D eigenvalue weighted by Gasteiger charge is 2.34. The van der Waals surface area contributed by atoms with Crippen molar-refractivity contribution in [2.75, 3.05) is 0 Å². The number of para-hydroxylation sites is 2. The lowest BCUT2D eigenvalue weighted by Crippen LogP contribution is -2.24. The number of ether oxygens (including phenoxy) is 1. The molecule has 0 bridgehead atoms. The number of nitrogens with zero attached hydrogens (tertiary/aromatic N) is 2. The highest BCUT2D eigenvalue weighted by Crippen LogP contribution is 2.48. The molecule has 0 spiro atoms. The molecule has 1 aliphatic heterocycles. The molecule has 2 aromatic heterocycles. The van der Waals surface area contributed by atoms with E-state index in [-0.39, 0.29) is 5.41 Å². The van der Waals surface area contributed by atoms with Gasteiger partial charge in [-0.25, -0.2) is 9.97 Å². The van der Waals surface area contributed by atoms with Gasteiger partial charge in [0.2, 0.25) is 0 Å². The van der Waals surface area contributed by atoms with E-state index in [1.165, 1.54) is 11.1 Å². The minimum Gasteiger partial charge on any atom is -0.457 e. The number of furan rings is 1. The number of benzene rings is 6. The first kappa shape index (κ1) is 27.3. The normalized spacial score (nSPS) is 13.2. The van der Waals surface area contributed by atoms with Crippen LogP contribution in [0.5, 0.6) is 11.5 Å². The monoisotopic (exact) mass is 606 g/mol. The summed E-state index contributed by atoms with van der Waals surface area (Å²) in [4.78, 5) is 10.1. The van der Waals surface area contributed by atoms with E-state index in [1.807, 2.05) is 48.5 Å². The Bertz CT molecular complexity index is 2460. The number of aromatic nitrogens is 2. The van der Waals surface area contributed by atoms with E-state index in [1.54, 1.807) is 0 Å². The Morgan fingerprint density at radius 3 is 1.94 bits per heavy atom. The topological polar surface area (TPSA) is 48.2 Å². The van der Waals surface area contributed by atoms with Crippen molar-refractivity contribution in [1.29, 1.82) is 0 Å². The van der Waals surface area contributed by atoms with E-state index < -0.39 is 0 Å². The quantitative estimate of drug-likeness (QED) is 0.200. The Hall–Kier alpha value is -6.00. The zero-order valence-electron chi connectivity index (χ0n) is 26.1. The predicted octanol–water partition coefficient (Wildman–Crippen LogP) is 11.5. The van der Waals surface area contributed by atoms with Crippen LogP contribution in [0.2, 0.25) is 0 Å². The van der Waals surface area contributed by atoms with Crippen LogP contribution in [-0.4, -0.2) is 9.97 Å². The summed E-state index contributed by atoms with van der Waals surface area (Å²) in [5.41, 5.74) is 10.9. The Balaban J connectivity index is 1.10. The van der Waals surface area contributed by atoms with Crippen molar-refractivity contribution in [3.05, 3.63) is 157 Å². The minimum absolute atomic E-state index is 0.139.